The molecule has 0 fully saturated rings. The Kier molecular flexibility index (Phi) is 3.20. The van der Waals surface area contributed by atoms with Gasteiger partial charge in [0.25, 0.3) is 5.91 Å². The average molecular weight is 278 g/mol. The Morgan fingerprint density at radius 2 is 2.47 bits per heavy atom. The smallest absolute Gasteiger partial charge is 0.258 e. The molecule has 1 aliphatic heterocycles. The Morgan fingerprint density at radius 1 is 1.58 bits per heavy atom. The molecule has 7 heteroatoms. The van der Waals surface area contributed by atoms with Crippen LogP contribution in [0.5, 0.6) is 5.88 Å². The van der Waals surface area contributed by atoms with Crippen LogP contribution in [-0.4, -0.2) is 27.3 Å². The van der Waals surface area contributed by atoms with Gasteiger partial charge < -0.3 is 10.1 Å². The Morgan fingerprint density at radius 3 is 3.26 bits per heavy atom. The topological polar surface area (TPSA) is 69.0 Å². The molecule has 0 saturated heterocycles. The number of ether oxygens (including phenoxy) is 1. The summed E-state index contributed by atoms with van der Waals surface area (Å²) in [5, 5.41) is 7.10. The van der Waals surface area contributed by atoms with Crippen LogP contribution in [0, 0.1) is 0 Å². The van der Waals surface area contributed by atoms with E-state index in [0.29, 0.717) is 18.1 Å². The molecule has 3 heterocycles. The molecular weight excluding hydrogens is 264 g/mol. The van der Waals surface area contributed by atoms with Gasteiger partial charge in [0.05, 0.1) is 24.4 Å². The van der Waals surface area contributed by atoms with Crippen molar-refractivity contribution in [3.8, 4) is 5.88 Å². The van der Waals surface area contributed by atoms with E-state index in [4.69, 9.17) is 4.74 Å². The van der Waals surface area contributed by atoms with E-state index in [0.717, 1.165) is 17.8 Å². The standard InChI is InChI=1S/C12H14N4O2S/c1-8(10-6-13-7-19-10)15-11(17)9-5-14-16-3-2-4-18-12(9)16/h5-8H,2-4H2,1H3,(H,15,17). The molecular formula is C12H14N4O2S. The highest BCUT2D eigenvalue weighted by atomic mass is 32.1. The number of hydrogen-bond donors (Lipinski definition) is 1. The van der Waals surface area contributed by atoms with Gasteiger partial charge in [0.1, 0.15) is 5.56 Å². The molecule has 0 radical (unpaired) electrons. The minimum atomic E-state index is -0.163. The molecule has 1 unspecified atom stereocenters. The van der Waals surface area contributed by atoms with Gasteiger partial charge in [0.2, 0.25) is 5.88 Å². The van der Waals surface area contributed by atoms with Crippen LogP contribution in [0.1, 0.15) is 34.6 Å². The van der Waals surface area contributed by atoms with Gasteiger partial charge in [-0.3, -0.25) is 9.78 Å². The number of aromatic nitrogens is 3. The molecule has 1 N–H and O–H groups in total. The van der Waals surface area contributed by atoms with E-state index in [2.05, 4.69) is 15.4 Å². The second-order valence-electron chi connectivity index (χ2n) is 4.39. The van der Waals surface area contributed by atoms with Crippen molar-refractivity contribution in [2.24, 2.45) is 0 Å². The summed E-state index contributed by atoms with van der Waals surface area (Å²) in [6.07, 6.45) is 4.25. The highest BCUT2D eigenvalue weighted by Gasteiger charge is 2.23. The molecule has 0 aromatic carbocycles. The van der Waals surface area contributed by atoms with Gasteiger partial charge in [-0.05, 0) is 6.92 Å². The number of carbonyl (C=O) groups is 1. The van der Waals surface area contributed by atoms with E-state index in [1.54, 1.807) is 22.6 Å². The first-order valence-electron chi connectivity index (χ1n) is 6.13. The lowest BCUT2D eigenvalue weighted by Crippen LogP contribution is -2.27. The second kappa shape index (κ2) is 5.00. The molecule has 19 heavy (non-hydrogen) atoms. The van der Waals surface area contributed by atoms with Gasteiger partial charge in [0, 0.05) is 24.0 Å². The normalized spacial score (nSPS) is 15.4. The highest BCUT2D eigenvalue weighted by Crippen LogP contribution is 2.23. The highest BCUT2D eigenvalue weighted by molar-refractivity contribution is 7.09. The summed E-state index contributed by atoms with van der Waals surface area (Å²) in [4.78, 5) is 17.3. The SMILES string of the molecule is CC(NC(=O)c1cnn2c1OCCC2)c1cncs1. The largest absolute Gasteiger partial charge is 0.477 e. The zero-order chi connectivity index (χ0) is 13.2. The number of thiazole rings is 1. The molecule has 3 rings (SSSR count). The van der Waals surface area contributed by atoms with Crippen LogP contribution in [0.3, 0.4) is 0 Å². The van der Waals surface area contributed by atoms with Crippen LogP contribution in [0.2, 0.25) is 0 Å². The third-order valence-corrected chi connectivity index (χ3v) is 3.97. The summed E-state index contributed by atoms with van der Waals surface area (Å²) in [6, 6.07) is -0.0702. The fourth-order valence-electron chi connectivity index (χ4n) is 2.01. The maximum Gasteiger partial charge on any atom is 0.258 e. The van der Waals surface area contributed by atoms with Crippen LogP contribution in [0.4, 0.5) is 0 Å². The second-order valence-corrected chi connectivity index (χ2v) is 5.31. The number of amides is 1. The molecule has 0 saturated carbocycles. The molecule has 1 atom stereocenters. The lowest BCUT2D eigenvalue weighted by molar-refractivity contribution is 0.0934. The first kappa shape index (κ1) is 12.2. The van der Waals surface area contributed by atoms with E-state index in [1.807, 2.05) is 6.92 Å². The fourth-order valence-corrected chi connectivity index (χ4v) is 2.64. The summed E-state index contributed by atoms with van der Waals surface area (Å²) in [5.74, 6) is 0.407. The van der Waals surface area contributed by atoms with Gasteiger partial charge in [-0.15, -0.1) is 11.3 Å². The first-order valence-corrected chi connectivity index (χ1v) is 7.01. The zero-order valence-electron chi connectivity index (χ0n) is 10.5. The van der Waals surface area contributed by atoms with Crippen LogP contribution in [0.25, 0.3) is 0 Å². The van der Waals surface area contributed by atoms with Crippen LogP contribution < -0.4 is 10.1 Å². The van der Waals surface area contributed by atoms with Crippen molar-refractivity contribution in [1.82, 2.24) is 20.1 Å². The number of nitrogens with zero attached hydrogens (tertiary/aromatic N) is 3. The fraction of sp³-hybridized carbons (Fsp3) is 0.417. The molecule has 6 nitrogen and oxygen atoms in total. The van der Waals surface area contributed by atoms with E-state index < -0.39 is 0 Å². The van der Waals surface area contributed by atoms with Crippen molar-refractivity contribution in [3.05, 3.63) is 28.3 Å². The quantitative estimate of drug-likeness (QED) is 0.926. The number of fused-ring (bicyclic) bond motifs is 1. The summed E-state index contributed by atoms with van der Waals surface area (Å²) in [6.45, 7) is 3.37. The molecule has 0 spiro atoms. The van der Waals surface area contributed by atoms with Crippen molar-refractivity contribution < 1.29 is 9.53 Å². The third kappa shape index (κ3) is 2.33. The summed E-state index contributed by atoms with van der Waals surface area (Å²) in [7, 11) is 0. The summed E-state index contributed by atoms with van der Waals surface area (Å²) >= 11 is 1.52. The van der Waals surface area contributed by atoms with E-state index in [9.17, 15) is 4.79 Å². The van der Waals surface area contributed by atoms with Crippen LogP contribution in [0.15, 0.2) is 17.9 Å². The van der Waals surface area contributed by atoms with E-state index in [1.165, 1.54) is 11.3 Å². The minimum absolute atomic E-state index is 0.0702. The molecule has 2 aromatic rings. The lowest BCUT2D eigenvalue weighted by Gasteiger charge is -2.16. The van der Waals surface area contributed by atoms with Gasteiger partial charge in [0.15, 0.2) is 0 Å². The van der Waals surface area contributed by atoms with Crippen molar-refractivity contribution in [2.75, 3.05) is 6.61 Å². The number of carbonyl (C=O) groups excluding carboxylic acids is 1. The van der Waals surface area contributed by atoms with E-state index in [-0.39, 0.29) is 11.9 Å². The van der Waals surface area contributed by atoms with Gasteiger partial charge >= 0.3 is 0 Å². The summed E-state index contributed by atoms with van der Waals surface area (Å²) < 4.78 is 7.25. The third-order valence-electron chi connectivity index (χ3n) is 3.01. The van der Waals surface area contributed by atoms with Gasteiger partial charge in [-0.1, -0.05) is 0 Å². The first-order chi connectivity index (χ1) is 9.25. The monoisotopic (exact) mass is 278 g/mol. The summed E-state index contributed by atoms with van der Waals surface area (Å²) in [5.41, 5.74) is 2.25. The average Bonchev–Trinajstić information content (AvgIpc) is 3.08. The molecule has 0 aliphatic carbocycles. The molecule has 100 valence electrons. The lowest BCUT2D eigenvalue weighted by atomic mass is 10.2. The minimum Gasteiger partial charge on any atom is -0.477 e. The predicted octanol–water partition coefficient (Wildman–Crippen LogP) is 1.61. The van der Waals surface area contributed by atoms with Crippen molar-refractivity contribution >= 4 is 17.2 Å². The number of aryl methyl sites for hydroxylation is 1. The van der Waals surface area contributed by atoms with Crippen molar-refractivity contribution in [3.63, 3.8) is 0 Å². The molecule has 0 bridgehead atoms. The van der Waals surface area contributed by atoms with Gasteiger partial charge in [-0.2, -0.15) is 5.10 Å². The van der Waals surface area contributed by atoms with Crippen LogP contribution in [-0.2, 0) is 6.54 Å². The number of nitrogens with one attached hydrogen (secondary N) is 1. The molecule has 1 aliphatic rings. The van der Waals surface area contributed by atoms with Gasteiger partial charge in [-0.25, -0.2) is 4.68 Å². The predicted molar refractivity (Wildman–Crippen MR) is 70.3 cm³/mol. The van der Waals surface area contributed by atoms with Crippen molar-refractivity contribution in [2.45, 2.75) is 25.9 Å². The van der Waals surface area contributed by atoms with E-state index >= 15 is 0 Å². The zero-order valence-corrected chi connectivity index (χ0v) is 11.3. The Balaban J connectivity index is 1.75. The Bertz CT molecular complexity index is 579. The number of rotatable bonds is 3. The van der Waals surface area contributed by atoms with Crippen molar-refractivity contribution in [1.29, 1.82) is 0 Å². The Hall–Kier alpha value is -1.89. The molecule has 1 amide bonds. The maximum atomic E-state index is 12.2. The van der Waals surface area contributed by atoms with Crippen LogP contribution >= 0.6 is 11.3 Å². The number of hydrogen-bond acceptors (Lipinski definition) is 5. The molecule has 2 aromatic heterocycles. The Labute approximate surface area is 114 Å². The maximum absolute atomic E-state index is 12.2.